The smallest absolute Gasteiger partial charge is 0.254 e. The monoisotopic (exact) mass is 361 g/mol. The van der Waals surface area contributed by atoms with Crippen LogP contribution in [0.3, 0.4) is 0 Å². The van der Waals surface area contributed by atoms with Gasteiger partial charge >= 0.3 is 0 Å². The molecule has 0 saturated heterocycles. The quantitative estimate of drug-likeness (QED) is 0.742. The molecule has 2 aromatic carbocycles. The second-order valence-electron chi connectivity index (χ2n) is 6.52. The molecule has 5 heteroatoms. The first-order valence-corrected chi connectivity index (χ1v) is 8.63. The molecule has 0 spiro atoms. The molecule has 1 amide bonds. The zero-order valence-corrected chi connectivity index (χ0v) is 15.5. The first-order valence-electron chi connectivity index (χ1n) is 8.63. The lowest BCUT2D eigenvalue weighted by atomic mass is 10.1. The summed E-state index contributed by atoms with van der Waals surface area (Å²) in [5, 5.41) is 12.0. The van der Waals surface area contributed by atoms with Crippen LogP contribution in [0, 0.1) is 37.9 Å². The highest BCUT2D eigenvalue weighted by Crippen LogP contribution is 2.23. The molecule has 1 atom stereocenters. The van der Waals surface area contributed by atoms with Crippen LogP contribution in [-0.4, -0.2) is 10.5 Å². The molecule has 0 aliphatic heterocycles. The van der Waals surface area contributed by atoms with Crippen molar-refractivity contribution in [3.63, 3.8) is 0 Å². The molecular formula is C22H20FN3O. The van der Waals surface area contributed by atoms with Crippen molar-refractivity contribution < 1.29 is 9.18 Å². The van der Waals surface area contributed by atoms with E-state index in [-0.39, 0.29) is 5.56 Å². The molecule has 1 heterocycles. The second kappa shape index (κ2) is 7.46. The van der Waals surface area contributed by atoms with Crippen LogP contribution in [0.4, 0.5) is 4.39 Å². The van der Waals surface area contributed by atoms with Gasteiger partial charge in [0.05, 0.1) is 11.6 Å². The maximum absolute atomic E-state index is 14.0. The molecular weight excluding hydrogens is 341 g/mol. The van der Waals surface area contributed by atoms with Crippen molar-refractivity contribution in [3.05, 3.63) is 88.5 Å². The van der Waals surface area contributed by atoms with E-state index in [0.717, 1.165) is 22.6 Å². The predicted octanol–water partition coefficient (Wildman–Crippen LogP) is 4.54. The van der Waals surface area contributed by atoms with Crippen LogP contribution < -0.4 is 5.32 Å². The Kier molecular flexibility index (Phi) is 5.09. The van der Waals surface area contributed by atoms with Gasteiger partial charge in [-0.1, -0.05) is 30.3 Å². The van der Waals surface area contributed by atoms with E-state index in [1.54, 1.807) is 18.2 Å². The maximum atomic E-state index is 14.0. The van der Waals surface area contributed by atoms with E-state index >= 15 is 0 Å². The highest BCUT2D eigenvalue weighted by atomic mass is 19.1. The lowest BCUT2D eigenvalue weighted by Crippen LogP contribution is -2.28. The summed E-state index contributed by atoms with van der Waals surface area (Å²) in [6, 6.07) is 16.6. The summed E-state index contributed by atoms with van der Waals surface area (Å²) >= 11 is 0. The molecule has 0 aliphatic rings. The van der Waals surface area contributed by atoms with Crippen LogP contribution in [0.15, 0.2) is 54.6 Å². The van der Waals surface area contributed by atoms with E-state index in [2.05, 4.69) is 5.32 Å². The third kappa shape index (κ3) is 3.61. The molecule has 1 unspecified atom stereocenters. The highest BCUT2D eigenvalue weighted by molar-refractivity contribution is 5.96. The predicted molar refractivity (Wildman–Crippen MR) is 102 cm³/mol. The average molecular weight is 361 g/mol. The van der Waals surface area contributed by atoms with Crippen LogP contribution in [-0.2, 0) is 0 Å². The number of amides is 1. The number of hydrogen-bond acceptors (Lipinski definition) is 2. The lowest BCUT2D eigenvalue weighted by molar-refractivity contribution is 0.0944. The van der Waals surface area contributed by atoms with Gasteiger partial charge in [0, 0.05) is 22.6 Å². The minimum Gasteiger partial charge on any atom is -0.332 e. The van der Waals surface area contributed by atoms with Crippen molar-refractivity contribution in [2.24, 2.45) is 0 Å². The number of aromatic nitrogens is 1. The zero-order chi connectivity index (χ0) is 19.6. The molecule has 0 saturated carbocycles. The van der Waals surface area contributed by atoms with E-state index in [4.69, 9.17) is 0 Å². The molecule has 0 aliphatic carbocycles. The van der Waals surface area contributed by atoms with Crippen LogP contribution in [0.5, 0.6) is 0 Å². The van der Waals surface area contributed by atoms with Crippen molar-refractivity contribution in [1.29, 1.82) is 5.26 Å². The summed E-state index contributed by atoms with van der Waals surface area (Å²) < 4.78 is 16.0. The fourth-order valence-electron chi connectivity index (χ4n) is 3.25. The Morgan fingerprint density at radius 3 is 2.52 bits per heavy atom. The molecule has 27 heavy (non-hydrogen) atoms. The summed E-state index contributed by atoms with van der Waals surface area (Å²) in [5.74, 6) is -0.925. The van der Waals surface area contributed by atoms with Gasteiger partial charge < -0.3 is 9.88 Å². The van der Waals surface area contributed by atoms with Gasteiger partial charge in [0.15, 0.2) is 0 Å². The third-order valence-corrected chi connectivity index (χ3v) is 4.56. The van der Waals surface area contributed by atoms with Gasteiger partial charge in [-0.2, -0.15) is 5.26 Å². The number of carbonyl (C=O) groups excluding carboxylic acids is 1. The molecule has 3 rings (SSSR count). The van der Waals surface area contributed by atoms with E-state index < -0.39 is 17.8 Å². The number of benzene rings is 2. The number of hydrogen-bond donors (Lipinski definition) is 1. The van der Waals surface area contributed by atoms with E-state index in [9.17, 15) is 14.4 Å². The number of carbonyl (C=O) groups is 1. The van der Waals surface area contributed by atoms with Gasteiger partial charge in [0.25, 0.3) is 5.91 Å². The van der Waals surface area contributed by atoms with Gasteiger partial charge in [0.1, 0.15) is 11.9 Å². The van der Waals surface area contributed by atoms with Gasteiger partial charge in [0.2, 0.25) is 0 Å². The summed E-state index contributed by atoms with van der Waals surface area (Å²) in [7, 11) is 0. The number of nitrogens with one attached hydrogen (secondary N) is 1. The number of aryl methyl sites for hydroxylation is 2. The molecule has 136 valence electrons. The minimum atomic E-state index is -1.05. The number of nitriles is 1. The molecule has 0 bridgehead atoms. The van der Waals surface area contributed by atoms with Gasteiger partial charge in [-0.15, -0.1) is 0 Å². The van der Waals surface area contributed by atoms with Crippen molar-refractivity contribution >= 4 is 5.91 Å². The van der Waals surface area contributed by atoms with Gasteiger partial charge in [-0.25, -0.2) is 4.39 Å². The molecule has 4 nitrogen and oxygen atoms in total. The fourth-order valence-corrected chi connectivity index (χ4v) is 3.25. The summed E-state index contributed by atoms with van der Waals surface area (Å²) in [4.78, 5) is 12.8. The topological polar surface area (TPSA) is 57.8 Å². The Hall–Kier alpha value is -3.39. The van der Waals surface area contributed by atoms with E-state index in [0.29, 0.717) is 5.56 Å². The summed E-state index contributed by atoms with van der Waals surface area (Å²) in [6.45, 7) is 5.79. The third-order valence-electron chi connectivity index (χ3n) is 4.56. The summed E-state index contributed by atoms with van der Waals surface area (Å²) in [6.07, 6.45) is 0. The maximum Gasteiger partial charge on any atom is 0.254 e. The zero-order valence-electron chi connectivity index (χ0n) is 15.5. The Morgan fingerprint density at radius 2 is 1.85 bits per heavy atom. The van der Waals surface area contributed by atoms with Crippen LogP contribution in [0.25, 0.3) is 5.69 Å². The average Bonchev–Trinajstić information content (AvgIpc) is 2.94. The molecule has 3 aromatic rings. The Morgan fingerprint density at radius 1 is 1.11 bits per heavy atom. The van der Waals surface area contributed by atoms with Gasteiger partial charge in [-0.3, -0.25) is 4.79 Å². The molecule has 1 N–H and O–H groups in total. The van der Waals surface area contributed by atoms with Crippen molar-refractivity contribution in [3.8, 4) is 11.8 Å². The van der Waals surface area contributed by atoms with Crippen LogP contribution >= 0.6 is 0 Å². The largest absolute Gasteiger partial charge is 0.332 e. The number of nitrogens with zero attached hydrogens (tertiary/aromatic N) is 2. The van der Waals surface area contributed by atoms with E-state index in [1.165, 1.54) is 12.1 Å². The van der Waals surface area contributed by atoms with Crippen molar-refractivity contribution in [2.45, 2.75) is 26.8 Å². The van der Waals surface area contributed by atoms with E-state index in [1.807, 2.05) is 55.7 Å². The number of halogens is 1. The Bertz CT molecular complexity index is 1050. The second-order valence-corrected chi connectivity index (χ2v) is 6.52. The standard InChI is InChI=1S/C22H20FN3O/c1-14-7-6-8-17(11-14)26-15(2)12-19(16(26)3)22(27)25-21(13-24)18-9-4-5-10-20(18)23/h4-12,21H,1-3H3,(H,25,27). The first-order chi connectivity index (χ1) is 12.9. The van der Waals surface area contributed by atoms with Crippen molar-refractivity contribution in [2.75, 3.05) is 0 Å². The summed E-state index contributed by atoms with van der Waals surface area (Å²) in [5.41, 5.74) is 4.37. The van der Waals surface area contributed by atoms with Crippen molar-refractivity contribution in [1.82, 2.24) is 9.88 Å². The first kappa shape index (κ1) is 18.4. The fraction of sp³-hybridized carbons (Fsp3) is 0.182. The molecule has 0 fully saturated rings. The lowest BCUT2D eigenvalue weighted by Gasteiger charge is -2.13. The minimum absolute atomic E-state index is 0.154. The van der Waals surface area contributed by atoms with Crippen LogP contribution in [0.1, 0.15) is 38.9 Å². The molecule has 1 aromatic heterocycles. The Balaban J connectivity index is 1.93. The normalized spacial score (nSPS) is 11.7. The van der Waals surface area contributed by atoms with Gasteiger partial charge in [-0.05, 0) is 50.6 Å². The SMILES string of the molecule is Cc1cccc(-n2c(C)cc(C(=O)NC(C#N)c3ccccc3F)c2C)c1. The number of rotatable bonds is 4. The highest BCUT2D eigenvalue weighted by Gasteiger charge is 2.22. The molecule has 0 radical (unpaired) electrons. The Labute approximate surface area is 157 Å². The van der Waals surface area contributed by atoms with Crippen LogP contribution in [0.2, 0.25) is 0 Å².